The summed E-state index contributed by atoms with van der Waals surface area (Å²) in [5.74, 6) is 0. The first kappa shape index (κ1) is 10.1. The van der Waals surface area contributed by atoms with E-state index in [0.29, 0.717) is 5.57 Å². The van der Waals surface area contributed by atoms with Crippen molar-refractivity contribution >= 4 is 16.9 Å². The summed E-state index contributed by atoms with van der Waals surface area (Å²) in [6.07, 6.45) is 0. The Hall–Kier alpha value is -1.02. The van der Waals surface area contributed by atoms with E-state index >= 15 is 0 Å². The highest BCUT2D eigenvalue weighted by Crippen LogP contribution is 2.21. The van der Waals surface area contributed by atoms with Crippen molar-refractivity contribution in [2.45, 2.75) is 18.7 Å². The third-order valence-corrected chi connectivity index (χ3v) is 2.62. The molecule has 0 fully saturated rings. The van der Waals surface area contributed by atoms with Crippen LogP contribution in [0.1, 0.15) is 12.5 Å². The van der Waals surface area contributed by atoms with Crippen molar-refractivity contribution < 1.29 is 4.79 Å². The molecule has 0 radical (unpaired) electrons. The Kier molecular flexibility index (Phi) is 3.32. The molecule has 13 heavy (non-hydrogen) atoms. The van der Waals surface area contributed by atoms with E-state index in [1.54, 1.807) is 6.92 Å². The van der Waals surface area contributed by atoms with Crippen LogP contribution in [0.2, 0.25) is 0 Å². The predicted molar refractivity (Wildman–Crippen MR) is 56.9 cm³/mol. The predicted octanol–water partition coefficient (Wildman–Crippen LogP) is 3.19. The number of hydrogen-bond donors (Lipinski definition) is 0. The Balaban J connectivity index is 2.70. The van der Waals surface area contributed by atoms with E-state index in [-0.39, 0.29) is 5.12 Å². The lowest BCUT2D eigenvalue weighted by atomic mass is 10.2. The van der Waals surface area contributed by atoms with Crippen molar-refractivity contribution in [3.8, 4) is 0 Å². The quantitative estimate of drug-likeness (QED) is 0.528. The molecule has 0 N–H and O–H groups in total. The number of hydrogen-bond acceptors (Lipinski definition) is 2. The van der Waals surface area contributed by atoms with Crippen LogP contribution in [0.3, 0.4) is 0 Å². The molecule has 0 aliphatic carbocycles. The molecule has 1 aromatic carbocycles. The molecule has 0 aliphatic rings. The van der Waals surface area contributed by atoms with Crippen molar-refractivity contribution in [1.29, 1.82) is 0 Å². The topological polar surface area (TPSA) is 17.1 Å². The first-order chi connectivity index (χ1) is 6.09. The largest absolute Gasteiger partial charge is 0.282 e. The zero-order chi connectivity index (χ0) is 9.84. The van der Waals surface area contributed by atoms with Gasteiger partial charge in [-0.05, 0) is 43.3 Å². The number of thioether (sulfide) groups is 1. The zero-order valence-electron chi connectivity index (χ0n) is 7.83. The Bertz CT molecular complexity index is 324. The Morgan fingerprint density at radius 1 is 1.31 bits per heavy atom. The third kappa shape index (κ3) is 3.07. The molecule has 0 spiro atoms. The van der Waals surface area contributed by atoms with Gasteiger partial charge in [0.15, 0.2) is 0 Å². The standard InChI is InChI=1S/C11H12OS/c1-8(2)11(12)13-10-6-4-9(3)5-7-10/h4-7H,1H2,2-3H3. The van der Waals surface area contributed by atoms with Gasteiger partial charge >= 0.3 is 0 Å². The molecular formula is C11H12OS. The average Bonchev–Trinajstić information content (AvgIpc) is 2.08. The second-order valence-corrected chi connectivity index (χ2v) is 4.03. The van der Waals surface area contributed by atoms with E-state index in [2.05, 4.69) is 6.58 Å². The highest BCUT2D eigenvalue weighted by molar-refractivity contribution is 8.14. The molecule has 2 heteroatoms. The van der Waals surface area contributed by atoms with Crippen LogP contribution in [0.5, 0.6) is 0 Å². The minimum Gasteiger partial charge on any atom is -0.282 e. The third-order valence-electron chi connectivity index (χ3n) is 1.58. The molecule has 0 saturated heterocycles. The lowest BCUT2D eigenvalue weighted by Gasteiger charge is -1.99. The Morgan fingerprint density at radius 2 is 1.85 bits per heavy atom. The molecule has 0 unspecified atom stereocenters. The van der Waals surface area contributed by atoms with Crippen molar-refractivity contribution in [3.63, 3.8) is 0 Å². The van der Waals surface area contributed by atoms with Crippen LogP contribution in [-0.4, -0.2) is 5.12 Å². The van der Waals surface area contributed by atoms with Crippen LogP contribution in [-0.2, 0) is 4.79 Å². The fraction of sp³-hybridized carbons (Fsp3) is 0.182. The van der Waals surface area contributed by atoms with E-state index in [4.69, 9.17) is 0 Å². The maximum Gasteiger partial charge on any atom is 0.219 e. The van der Waals surface area contributed by atoms with Gasteiger partial charge in [0.1, 0.15) is 0 Å². The molecule has 0 aromatic heterocycles. The Labute approximate surface area is 82.9 Å². The highest BCUT2D eigenvalue weighted by Gasteiger charge is 2.03. The minimum absolute atomic E-state index is 0.0313. The molecule has 1 rings (SSSR count). The first-order valence-electron chi connectivity index (χ1n) is 4.04. The summed E-state index contributed by atoms with van der Waals surface area (Å²) in [4.78, 5) is 12.2. The van der Waals surface area contributed by atoms with Gasteiger partial charge < -0.3 is 0 Å². The van der Waals surface area contributed by atoms with Gasteiger partial charge in [-0.2, -0.15) is 0 Å². The van der Waals surface area contributed by atoms with Gasteiger partial charge in [0, 0.05) is 4.90 Å². The maximum absolute atomic E-state index is 11.3. The smallest absolute Gasteiger partial charge is 0.219 e. The lowest BCUT2D eigenvalue weighted by Crippen LogP contribution is -1.90. The molecule has 68 valence electrons. The van der Waals surface area contributed by atoms with Gasteiger partial charge in [0.05, 0.1) is 0 Å². The van der Waals surface area contributed by atoms with Crippen LogP contribution >= 0.6 is 11.8 Å². The van der Waals surface area contributed by atoms with Gasteiger partial charge in [0.25, 0.3) is 0 Å². The lowest BCUT2D eigenvalue weighted by molar-refractivity contribution is -0.107. The molecule has 0 bridgehead atoms. The minimum atomic E-state index is 0.0313. The summed E-state index contributed by atoms with van der Waals surface area (Å²) in [6, 6.07) is 7.88. The molecule has 0 heterocycles. The van der Waals surface area contributed by atoms with E-state index in [0.717, 1.165) is 4.90 Å². The summed E-state index contributed by atoms with van der Waals surface area (Å²) < 4.78 is 0. The molecule has 1 aromatic rings. The second kappa shape index (κ2) is 4.28. The van der Waals surface area contributed by atoms with Crippen molar-refractivity contribution in [3.05, 3.63) is 42.0 Å². The van der Waals surface area contributed by atoms with E-state index in [9.17, 15) is 4.79 Å². The van der Waals surface area contributed by atoms with Crippen molar-refractivity contribution in [2.75, 3.05) is 0 Å². The number of aryl methyl sites for hydroxylation is 1. The van der Waals surface area contributed by atoms with Gasteiger partial charge in [-0.25, -0.2) is 0 Å². The maximum atomic E-state index is 11.3. The summed E-state index contributed by atoms with van der Waals surface area (Å²) in [6.45, 7) is 7.35. The van der Waals surface area contributed by atoms with Crippen molar-refractivity contribution in [1.82, 2.24) is 0 Å². The van der Waals surface area contributed by atoms with Crippen LogP contribution in [0.4, 0.5) is 0 Å². The fourth-order valence-electron chi connectivity index (χ4n) is 0.800. The number of rotatable bonds is 2. The monoisotopic (exact) mass is 192 g/mol. The van der Waals surface area contributed by atoms with Gasteiger partial charge in [-0.1, -0.05) is 24.3 Å². The van der Waals surface area contributed by atoms with E-state index in [1.807, 2.05) is 31.2 Å². The molecular weight excluding hydrogens is 180 g/mol. The van der Waals surface area contributed by atoms with Crippen LogP contribution in [0, 0.1) is 6.92 Å². The average molecular weight is 192 g/mol. The number of carbonyl (C=O) groups is 1. The fourth-order valence-corrected chi connectivity index (χ4v) is 1.46. The molecule has 1 nitrogen and oxygen atoms in total. The molecule has 0 amide bonds. The van der Waals surface area contributed by atoms with Gasteiger partial charge in [0.2, 0.25) is 5.12 Å². The molecule has 0 atom stereocenters. The summed E-state index contributed by atoms with van der Waals surface area (Å²) in [7, 11) is 0. The molecule has 0 saturated carbocycles. The van der Waals surface area contributed by atoms with Gasteiger partial charge in [-0.15, -0.1) is 0 Å². The van der Waals surface area contributed by atoms with Crippen LogP contribution < -0.4 is 0 Å². The van der Waals surface area contributed by atoms with Gasteiger partial charge in [-0.3, -0.25) is 4.79 Å². The second-order valence-electron chi connectivity index (χ2n) is 2.98. The van der Waals surface area contributed by atoms with E-state index in [1.165, 1.54) is 17.3 Å². The van der Waals surface area contributed by atoms with Crippen molar-refractivity contribution in [2.24, 2.45) is 0 Å². The summed E-state index contributed by atoms with van der Waals surface area (Å²) in [5, 5.41) is 0.0313. The summed E-state index contributed by atoms with van der Waals surface area (Å²) in [5.41, 5.74) is 1.79. The summed E-state index contributed by atoms with van der Waals surface area (Å²) >= 11 is 1.22. The zero-order valence-corrected chi connectivity index (χ0v) is 8.65. The van der Waals surface area contributed by atoms with Crippen LogP contribution in [0.25, 0.3) is 0 Å². The normalized spacial score (nSPS) is 9.69. The Morgan fingerprint density at radius 3 is 2.31 bits per heavy atom. The SMILES string of the molecule is C=C(C)C(=O)Sc1ccc(C)cc1. The molecule has 0 aliphatic heterocycles. The highest BCUT2D eigenvalue weighted by atomic mass is 32.2. The number of benzene rings is 1. The van der Waals surface area contributed by atoms with Crippen LogP contribution in [0.15, 0.2) is 41.3 Å². The number of carbonyl (C=O) groups excluding carboxylic acids is 1. The first-order valence-corrected chi connectivity index (χ1v) is 4.85. The van der Waals surface area contributed by atoms with E-state index < -0.39 is 0 Å².